The zero-order valence-corrected chi connectivity index (χ0v) is 10.3. The zero-order valence-electron chi connectivity index (χ0n) is 10.3. The molecule has 17 heavy (non-hydrogen) atoms. The van der Waals surface area contributed by atoms with E-state index in [2.05, 4.69) is 29.4 Å². The molecular formula is C14H18N2O. The molecule has 1 unspecified atom stereocenters. The maximum atomic E-state index is 5.37. The van der Waals surface area contributed by atoms with Crippen LogP contribution in [0.25, 0.3) is 0 Å². The first kappa shape index (κ1) is 11.9. The van der Waals surface area contributed by atoms with E-state index in [0.29, 0.717) is 6.04 Å². The Hall–Kier alpha value is -1.61. The van der Waals surface area contributed by atoms with Crippen molar-refractivity contribution >= 4 is 0 Å². The second-order valence-electron chi connectivity index (χ2n) is 4.17. The number of likely N-dealkylation sites (N-methyl/N-ethyl adjacent to an activating group) is 1. The highest BCUT2D eigenvalue weighted by Crippen LogP contribution is 2.20. The van der Waals surface area contributed by atoms with E-state index in [1.54, 1.807) is 6.20 Å². The molecule has 2 aromatic heterocycles. The minimum Gasteiger partial charge on any atom is -0.469 e. The second-order valence-corrected chi connectivity index (χ2v) is 4.17. The monoisotopic (exact) mass is 230 g/mol. The minimum absolute atomic E-state index is 0.293. The smallest absolute Gasteiger partial charge is 0.101 e. The molecule has 0 aliphatic carbocycles. The van der Waals surface area contributed by atoms with E-state index in [9.17, 15) is 0 Å². The van der Waals surface area contributed by atoms with Crippen molar-refractivity contribution in [2.75, 3.05) is 6.54 Å². The van der Waals surface area contributed by atoms with Crippen LogP contribution in [0.15, 0.2) is 41.3 Å². The lowest BCUT2D eigenvalue weighted by atomic mass is 10.0. The van der Waals surface area contributed by atoms with Crippen LogP contribution < -0.4 is 5.32 Å². The van der Waals surface area contributed by atoms with Crippen LogP contribution in [-0.4, -0.2) is 11.5 Å². The largest absolute Gasteiger partial charge is 0.469 e. The Morgan fingerprint density at radius 1 is 1.47 bits per heavy atom. The third-order valence-electron chi connectivity index (χ3n) is 2.77. The van der Waals surface area contributed by atoms with Gasteiger partial charge >= 0.3 is 0 Å². The normalized spacial score (nSPS) is 12.6. The molecule has 0 bridgehead atoms. The van der Waals surface area contributed by atoms with Gasteiger partial charge in [0.15, 0.2) is 0 Å². The van der Waals surface area contributed by atoms with Crippen molar-refractivity contribution in [1.29, 1.82) is 0 Å². The van der Waals surface area contributed by atoms with E-state index in [0.717, 1.165) is 18.7 Å². The van der Waals surface area contributed by atoms with Crippen LogP contribution in [0.3, 0.4) is 0 Å². The van der Waals surface area contributed by atoms with Gasteiger partial charge in [0, 0.05) is 24.0 Å². The molecule has 1 atom stereocenters. The average molecular weight is 230 g/mol. The number of hydrogen-bond acceptors (Lipinski definition) is 3. The Bertz CT molecular complexity index is 450. The molecule has 0 saturated carbocycles. The number of nitrogens with one attached hydrogen (secondary N) is 1. The van der Waals surface area contributed by atoms with Crippen molar-refractivity contribution in [3.63, 3.8) is 0 Å². The summed E-state index contributed by atoms with van der Waals surface area (Å²) in [6.07, 6.45) is 6.48. The third-order valence-corrected chi connectivity index (χ3v) is 2.77. The molecule has 0 fully saturated rings. The van der Waals surface area contributed by atoms with Gasteiger partial charge in [-0.15, -0.1) is 0 Å². The number of hydrogen-bond donors (Lipinski definition) is 1. The summed E-state index contributed by atoms with van der Waals surface area (Å²) in [5.41, 5.74) is 2.44. The van der Waals surface area contributed by atoms with E-state index in [1.807, 2.05) is 25.5 Å². The topological polar surface area (TPSA) is 38.1 Å². The zero-order chi connectivity index (χ0) is 12.1. The van der Waals surface area contributed by atoms with E-state index in [4.69, 9.17) is 4.42 Å². The van der Waals surface area contributed by atoms with E-state index >= 15 is 0 Å². The maximum Gasteiger partial charge on any atom is 0.101 e. The van der Waals surface area contributed by atoms with Crippen molar-refractivity contribution in [2.24, 2.45) is 0 Å². The van der Waals surface area contributed by atoms with E-state index in [1.165, 1.54) is 11.1 Å². The maximum absolute atomic E-state index is 5.37. The summed E-state index contributed by atoms with van der Waals surface area (Å²) in [7, 11) is 0. The first-order valence-electron chi connectivity index (χ1n) is 5.97. The Kier molecular flexibility index (Phi) is 3.94. The molecular weight excluding hydrogens is 212 g/mol. The Labute approximate surface area is 102 Å². The SMILES string of the molecule is CCNC(Cc1cccnc1)c1coc(C)c1. The van der Waals surface area contributed by atoms with Crippen molar-refractivity contribution < 1.29 is 4.42 Å². The molecule has 0 saturated heterocycles. The molecule has 0 aliphatic rings. The van der Waals surface area contributed by atoms with Crippen LogP contribution in [0, 0.1) is 6.92 Å². The fourth-order valence-corrected chi connectivity index (χ4v) is 1.96. The summed E-state index contributed by atoms with van der Waals surface area (Å²) in [4.78, 5) is 4.15. The number of pyridine rings is 1. The van der Waals surface area contributed by atoms with Crippen molar-refractivity contribution in [3.05, 3.63) is 53.7 Å². The molecule has 90 valence electrons. The highest BCUT2D eigenvalue weighted by Gasteiger charge is 2.13. The summed E-state index contributed by atoms with van der Waals surface area (Å²) in [6, 6.07) is 6.45. The van der Waals surface area contributed by atoms with Crippen LogP contribution in [0.5, 0.6) is 0 Å². The van der Waals surface area contributed by atoms with Crippen LogP contribution in [0.4, 0.5) is 0 Å². The predicted molar refractivity (Wildman–Crippen MR) is 67.8 cm³/mol. The van der Waals surface area contributed by atoms with Crippen LogP contribution in [0.2, 0.25) is 0 Å². The van der Waals surface area contributed by atoms with Gasteiger partial charge in [-0.25, -0.2) is 0 Å². The number of furan rings is 1. The van der Waals surface area contributed by atoms with Gasteiger partial charge in [-0.1, -0.05) is 13.0 Å². The van der Waals surface area contributed by atoms with Crippen molar-refractivity contribution in [1.82, 2.24) is 10.3 Å². The molecule has 3 heteroatoms. The fourth-order valence-electron chi connectivity index (χ4n) is 1.96. The number of aromatic nitrogens is 1. The lowest BCUT2D eigenvalue weighted by Crippen LogP contribution is -2.22. The van der Waals surface area contributed by atoms with Gasteiger partial charge in [-0.3, -0.25) is 4.98 Å². The molecule has 3 nitrogen and oxygen atoms in total. The molecule has 0 aromatic carbocycles. The Morgan fingerprint density at radius 2 is 2.35 bits per heavy atom. The summed E-state index contributed by atoms with van der Waals surface area (Å²) < 4.78 is 5.37. The van der Waals surface area contributed by atoms with Crippen molar-refractivity contribution in [3.8, 4) is 0 Å². The van der Waals surface area contributed by atoms with Crippen LogP contribution in [0.1, 0.15) is 29.9 Å². The standard InChI is InChI=1S/C14H18N2O/c1-3-16-14(13-7-11(2)17-10-13)8-12-5-4-6-15-9-12/h4-7,9-10,14,16H,3,8H2,1-2H3. The third kappa shape index (κ3) is 3.17. The number of nitrogens with zero attached hydrogens (tertiary/aromatic N) is 1. The molecule has 2 rings (SSSR count). The van der Waals surface area contributed by atoms with Gasteiger partial charge in [0.25, 0.3) is 0 Å². The molecule has 0 aliphatic heterocycles. The van der Waals surface area contributed by atoms with E-state index < -0.39 is 0 Å². The minimum atomic E-state index is 0.293. The van der Waals surface area contributed by atoms with Crippen molar-refractivity contribution in [2.45, 2.75) is 26.3 Å². The molecule has 1 N–H and O–H groups in total. The molecule has 2 aromatic rings. The lowest BCUT2D eigenvalue weighted by Gasteiger charge is -2.15. The van der Waals surface area contributed by atoms with Gasteiger partial charge in [0.2, 0.25) is 0 Å². The number of rotatable bonds is 5. The number of aryl methyl sites for hydroxylation is 1. The van der Waals surface area contributed by atoms with Gasteiger partial charge in [0.05, 0.1) is 6.26 Å². The first-order chi connectivity index (χ1) is 8.29. The Morgan fingerprint density at radius 3 is 2.94 bits per heavy atom. The molecule has 0 radical (unpaired) electrons. The van der Waals surface area contributed by atoms with Gasteiger partial charge in [-0.05, 0) is 37.6 Å². The second kappa shape index (κ2) is 5.64. The summed E-state index contributed by atoms with van der Waals surface area (Å²) >= 11 is 0. The van der Waals surface area contributed by atoms with Crippen LogP contribution in [-0.2, 0) is 6.42 Å². The summed E-state index contributed by atoms with van der Waals surface area (Å²) in [5.74, 6) is 0.953. The summed E-state index contributed by atoms with van der Waals surface area (Å²) in [6.45, 7) is 5.02. The summed E-state index contributed by atoms with van der Waals surface area (Å²) in [5, 5.41) is 3.47. The van der Waals surface area contributed by atoms with E-state index in [-0.39, 0.29) is 0 Å². The highest BCUT2D eigenvalue weighted by atomic mass is 16.3. The van der Waals surface area contributed by atoms with Crippen LogP contribution >= 0.6 is 0 Å². The molecule has 0 amide bonds. The fraction of sp³-hybridized carbons (Fsp3) is 0.357. The lowest BCUT2D eigenvalue weighted by molar-refractivity contribution is 0.511. The Balaban J connectivity index is 2.13. The predicted octanol–water partition coefficient (Wildman–Crippen LogP) is 2.88. The van der Waals surface area contributed by atoms with Gasteiger partial charge in [0.1, 0.15) is 5.76 Å². The molecule has 0 spiro atoms. The van der Waals surface area contributed by atoms with Gasteiger partial charge in [-0.2, -0.15) is 0 Å². The first-order valence-corrected chi connectivity index (χ1v) is 5.97. The average Bonchev–Trinajstić information content (AvgIpc) is 2.77. The quantitative estimate of drug-likeness (QED) is 0.858. The van der Waals surface area contributed by atoms with Gasteiger partial charge < -0.3 is 9.73 Å². The molecule has 2 heterocycles. The highest BCUT2D eigenvalue weighted by molar-refractivity contribution is 5.20.